The fraction of sp³-hybridized carbons (Fsp3) is 0. The van der Waals surface area contributed by atoms with Gasteiger partial charge in [0, 0.05) is 44.0 Å². The second-order valence-corrected chi connectivity index (χ2v) is 11.6. The first-order chi connectivity index (χ1) is 22.8. The normalized spacial score (nSPS) is 11.5. The summed E-state index contributed by atoms with van der Waals surface area (Å²) in [7, 11) is 0. The molecular formula is C43H27N3. The zero-order valence-corrected chi connectivity index (χ0v) is 24.9. The average molecular weight is 586 g/mol. The molecule has 46 heavy (non-hydrogen) atoms. The van der Waals surface area contributed by atoms with Crippen LogP contribution in [0.1, 0.15) is 0 Å². The van der Waals surface area contributed by atoms with Gasteiger partial charge in [0.2, 0.25) is 0 Å². The quantitative estimate of drug-likeness (QED) is 0.182. The lowest BCUT2D eigenvalue weighted by molar-refractivity contribution is 1.18. The van der Waals surface area contributed by atoms with Crippen LogP contribution in [0.25, 0.3) is 82.1 Å². The Balaban J connectivity index is 1.37. The van der Waals surface area contributed by atoms with Crippen LogP contribution in [0.4, 0.5) is 5.69 Å². The summed E-state index contributed by atoms with van der Waals surface area (Å²) in [4.78, 5) is 4.06. The maximum absolute atomic E-state index is 8.23. The van der Waals surface area contributed by atoms with Gasteiger partial charge in [0.25, 0.3) is 0 Å². The lowest BCUT2D eigenvalue weighted by Crippen LogP contribution is -1.97. The minimum atomic E-state index is 0.635. The third kappa shape index (κ3) is 3.84. The largest absolute Gasteiger partial charge is 0.310 e. The van der Waals surface area contributed by atoms with Crippen LogP contribution in [0.15, 0.2) is 164 Å². The van der Waals surface area contributed by atoms with E-state index in [1.807, 2.05) is 12.1 Å². The Morgan fingerprint density at radius 1 is 0.435 bits per heavy atom. The van der Waals surface area contributed by atoms with E-state index in [0.717, 1.165) is 44.4 Å². The molecule has 0 unspecified atom stereocenters. The number of hydrogen-bond acceptors (Lipinski definition) is 0. The van der Waals surface area contributed by atoms with Crippen LogP contribution >= 0.6 is 0 Å². The minimum absolute atomic E-state index is 0.635. The van der Waals surface area contributed by atoms with E-state index >= 15 is 0 Å². The number of benzene rings is 7. The fourth-order valence-corrected chi connectivity index (χ4v) is 7.21. The molecular weight excluding hydrogens is 558 g/mol. The van der Waals surface area contributed by atoms with Crippen molar-refractivity contribution < 1.29 is 0 Å². The molecule has 2 aromatic heterocycles. The van der Waals surface area contributed by atoms with Gasteiger partial charge in [-0.15, -0.1) is 0 Å². The second kappa shape index (κ2) is 10.4. The van der Waals surface area contributed by atoms with E-state index in [2.05, 4.69) is 166 Å². The molecule has 0 radical (unpaired) electrons. The van der Waals surface area contributed by atoms with Crippen molar-refractivity contribution in [3.8, 4) is 33.6 Å². The molecule has 0 saturated carbocycles. The molecule has 0 N–H and O–H groups in total. The Hall–Kier alpha value is -6.37. The first-order valence-corrected chi connectivity index (χ1v) is 15.5. The smallest absolute Gasteiger partial charge is 0.196 e. The lowest BCUT2D eigenvalue weighted by Gasteiger charge is -2.16. The van der Waals surface area contributed by atoms with Gasteiger partial charge >= 0.3 is 0 Å². The summed E-state index contributed by atoms with van der Waals surface area (Å²) in [5, 5.41) is 4.74. The van der Waals surface area contributed by atoms with E-state index < -0.39 is 0 Å². The van der Waals surface area contributed by atoms with Gasteiger partial charge < -0.3 is 9.13 Å². The van der Waals surface area contributed by atoms with Crippen molar-refractivity contribution >= 4 is 49.3 Å². The molecule has 3 nitrogen and oxygen atoms in total. The summed E-state index contributed by atoms with van der Waals surface area (Å²) in [6.07, 6.45) is 0. The Labute approximate surface area is 266 Å². The van der Waals surface area contributed by atoms with Crippen LogP contribution < -0.4 is 0 Å². The maximum Gasteiger partial charge on any atom is 0.196 e. The molecule has 0 aliphatic rings. The van der Waals surface area contributed by atoms with Gasteiger partial charge in [0.15, 0.2) is 5.69 Å². The molecule has 0 aliphatic heterocycles. The van der Waals surface area contributed by atoms with Crippen molar-refractivity contribution in [2.75, 3.05) is 0 Å². The highest BCUT2D eigenvalue weighted by Crippen LogP contribution is 2.44. The number of hydrogen-bond donors (Lipinski definition) is 0. The Morgan fingerprint density at radius 3 is 1.76 bits per heavy atom. The lowest BCUT2D eigenvalue weighted by atomic mass is 9.98. The monoisotopic (exact) mass is 585 g/mol. The first kappa shape index (κ1) is 26.1. The zero-order chi connectivity index (χ0) is 30.6. The summed E-state index contributed by atoms with van der Waals surface area (Å²) >= 11 is 0. The minimum Gasteiger partial charge on any atom is -0.310 e. The molecule has 0 aliphatic carbocycles. The highest BCUT2D eigenvalue weighted by Gasteiger charge is 2.21. The highest BCUT2D eigenvalue weighted by atomic mass is 15.0. The van der Waals surface area contributed by atoms with E-state index in [9.17, 15) is 0 Å². The Kier molecular flexibility index (Phi) is 5.88. The van der Waals surface area contributed by atoms with Gasteiger partial charge in [-0.2, -0.15) is 0 Å². The Bertz CT molecular complexity index is 2580. The number of aromatic nitrogens is 2. The maximum atomic E-state index is 8.23. The van der Waals surface area contributed by atoms with Crippen molar-refractivity contribution in [3.05, 3.63) is 175 Å². The molecule has 9 rings (SSSR count). The van der Waals surface area contributed by atoms with Gasteiger partial charge in [0.1, 0.15) is 0 Å². The van der Waals surface area contributed by atoms with Gasteiger partial charge in [0.05, 0.1) is 28.6 Å². The first-order valence-electron chi connectivity index (χ1n) is 15.5. The molecule has 0 amide bonds. The SMILES string of the molecule is [C-]#[N+]c1cccc(-n2c3ccccc3c3ccccc32)c1-c1ccc2c(c1)c1cccc(-c3ccccc3)c1n2-c1ccccc1. The summed E-state index contributed by atoms with van der Waals surface area (Å²) in [5.74, 6) is 0. The van der Waals surface area contributed by atoms with Gasteiger partial charge in [-0.1, -0.05) is 121 Å². The predicted octanol–water partition coefficient (Wildman–Crippen LogP) is 11.8. The third-order valence-electron chi connectivity index (χ3n) is 9.14. The van der Waals surface area contributed by atoms with E-state index in [1.54, 1.807) is 0 Å². The van der Waals surface area contributed by atoms with Crippen molar-refractivity contribution in [1.29, 1.82) is 0 Å². The van der Waals surface area contributed by atoms with Crippen LogP contribution in [0, 0.1) is 6.57 Å². The molecule has 7 aromatic carbocycles. The summed E-state index contributed by atoms with van der Waals surface area (Å²) in [6.45, 7) is 8.23. The van der Waals surface area contributed by atoms with Crippen molar-refractivity contribution in [2.45, 2.75) is 0 Å². The second-order valence-electron chi connectivity index (χ2n) is 11.6. The molecule has 9 aromatic rings. The highest BCUT2D eigenvalue weighted by molar-refractivity contribution is 6.15. The molecule has 3 heteroatoms. The topological polar surface area (TPSA) is 14.2 Å². The van der Waals surface area contributed by atoms with Crippen LogP contribution in [-0.4, -0.2) is 9.13 Å². The van der Waals surface area contributed by atoms with Crippen molar-refractivity contribution in [1.82, 2.24) is 9.13 Å². The van der Waals surface area contributed by atoms with Crippen LogP contribution in [-0.2, 0) is 0 Å². The molecule has 2 heterocycles. The van der Waals surface area contributed by atoms with Gasteiger partial charge in [-0.25, -0.2) is 4.85 Å². The molecule has 0 atom stereocenters. The predicted molar refractivity (Wildman–Crippen MR) is 192 cm³/mol. The number of fused-ring (bicyclic) bond motifs is 6. The Morgan fingerprint density at radius 2 is 1.04 bits per heavy atom. The van der Waals surface area contributed by atoms with E-state index in [4.69, 9.17) is 6.57 Å². The zero-order valence-electron chi connectivity index (χ0n) is 24.9. The third-order valence-corrected chi connectivity index (χ3v) is 9.14. The standard InChI is InChI=1S/C43H27N3/c1-44-37-22-13-25-41(46-38-23-10-8-18-33(38)34-19-9-11-24-39(34)46)42(37)30-26-27-40-36(28-30)35-21-12-20-32(29-14-4-2-5-15-29)43(35)45(40)31-16-6-3-7-17-31/h2-28H. The van der Waals surface area contributed by atoms with E-state index in [1.165, 1.54) is 32.8 Å². The van der Waals surface area contributed by atoms with Crippen LogP contribution in [0.5, 0.6) is 0 Å². The molecule has 0 spiro atoms. The summed E-state index contributed by atoms with van der Waals surface area (Å²) < 4.78 is 4.70. The van der Waals surface area contributed by atoms with Gasteiger partial charge in [-0.05, 0) is 53.6 Å². The summed E-state index contributed by atoms with van der Waals surface area (Å²) in [5.41, 5.74) is 11.6. The number of nitrogens with zero attached hydrogens (tertiary/aromatic N) is 3. The molecule has 214 valence electrons. The van der Waals surface area contributed by atoms with E-state index in [-0.39, 0.29) is 0 Å². The number of rotatable bonds is 4. The molecule has 0 fully saturated rings. The van der Waals surface area contributed by atoms with Crippen molar-refractivity contribution in [3.63, 3.8) is 0 Å². The fourth-order valence-electron chi connectivity index (χ4n) is 7.21. The average Bonchev–Trinajstić information content (AvgIpc) is 3.65. The summed E-state index contributed by atoms with van der Waals surface area (Å²) in [6, 6.07) is 57.6. The van der Waals surface area contributed by atoms with Crippen LogP contribution in [0.2, 0.25) is 0 Å². The van der Waals surface area contributed by atoms with Gasteiger partial charge in [-0.3, -0.25) is 0 Å². The molecule has 0 bridgehead atoms. The van der Waals surface area contributed by atoms with Crippen molar-refractivity contribution in [2.24, 2.45) is 0 Å². The van der Waals surface area contributed by atoms with E-state index in [0.29, 0.717) is 5.69 Å². The van der Waals surface area contributed by atoms with Crippen LogP contribution in [0.3, 0.4) is 0 Å². The molecule has 0 saturated heterocycles. The number of para-hydroxylation sites is 4.